The van der Waals surface area contributed by atoms with Gasteiger partial charge in [0.25, 0.3) is 0 Å². The molecule has 5 heteroatoms. The Balaban J connectivity index is 1.16. The standard InChI is InChI=1S/C46H40BN3O/c1-27-23-32(30-15-9-11-17-36(30)48-29-19-20-33-34(24-29)46(4,5)22-21-45(33,2)3)42-43-41(27)31-16-10-12-18-38(31)50(43)39-26-37-40(25-35(39)47-42)51-44(49-37)28-13-7-6-8-14-28/h6-20,23-26,47-48H,21-22H2,1-5H3. The minimum Gasteiger partial charge on any atom is -0.436 e. The molecule has 1 aliphatic heterocycles. The number of para-hydroxylation sites is 2. The molecule has 0 fully saturated rings. The van der Waals surface area contributed by atoms with Crippen molar-refractivity contribution in [2.24, 2.45) is 0 Å². The monoisotopic (exact) mass is 661 g/mol. The van der Waals surface area contributed by atoms with Gasteiger partial charge < -0.3 is 14.3 Å². The number of nitrogens with one attached hydrogen (secondary N) is 1. The zero-order valence-electron chi connectivity index (χ0n) is 29.9. The van der Waals surface area contributed by atoms with Crippen LogP contribution in [0.25, 0.3) is 61.2 Å². The lowest BCUT2D eigenvalue weighted by atomic mass is 9.58. The van der Waals surface area contributed by atoms with Crippen molar-refractivity contribution in [1.29, 1.82) is 0 Å². The lowest BCUT2D eigenvalue weighted by Crippen LogP contribution is -2.37. The van der Waals surface area contributed by atoms with E-state index in [-0.39, 0.29) is 10.8 Å². The Kier molecular flexibility index (Phi) is 6.37. The highest BCUT2D eigenvalue weighted by Crippen LogP contribution is 2.47. The van der Waals surface area contributed by atoms with Gasteiger partial charge in [-0.3, -0.25) is 0 Å². The smallest absolute Gasteiger partial charge is 0.227 e. The number of aromatic nitrogens is 2. The van der Waals surface area contributed by atoms with E-state index in [4.69, 9.17) is 9.40 Å². The highest BCUT2D eigenvalue weighted by atomic mass is 16.3. The maximum absolute atomic E-state index is 6.41. The lowest BCUT2D eigenvalue weighted by molar-refractivity contribution is 0.332. The summed E-state index contributed by atoms with van der Waals surface area (Å²) in [6.07, 6.45) is 2.41. The first-order valence-corrected chi connectivity index (χ1v) is 18.2. The second-order valence-corrected chi connectivity index (χ2v) is 16.0. The quantitative estimate of drug-likeness (QED) is 0.191. The molecule has 0 amide bonds. The Morgan fingerprint density at radius 3 is 2.33 bits per heavy atom. The van der Waals surface area contributed by atoms with Gasteiger partial charge >= 0.3 is 0 Å². The van der Waals surface area contributed by atoms with Crippen molar-refractivity contribution in [2.45, 2.75) is 58.3 Å². The van der Waals surface area contributed by atoms with Crippen LogP contribution in [0.1, 0.15) is 57.2 Å². The summed E-state index contributed by atoms with van der Waals surface area (Å²) in [5.41, 5.74) is 18.2. The molecule has 1 N–H and O–H groups in total. The molecule has 0 saturated carbocycles. The van der Waals surface area contributed by atoms with Gasteiger partial charge in [0.1, 0.15) is 5.52 Å². The minimum atomic E-state index is 0.145. The fourth-order valence-corrected chi connectivity index (χ4v) is 9.00. The van der Waals surface area contributed by atoms with Gasteiger partial charge in [-0.05, 0) is 107 Å². The van der Waals surface area contributed by atoms with Crippen molar-refractivity contribution in [2.75, 3.05) is 5.32 Å². The first-order chi connectivity index (χ1) is 24.7. The van der Waals surface area contributed by atoms with E-state index in [2.05, 4.69) is 142 Å². The molecule has 8 aromatic rings. The van der Waals surface area contributed by atoms with Crippen LogP contribution < -0.4 is 16.2 Å². The van der Waals surface area contributed by atoms with E-state index in [0.717, 1.165) is 35.3 Å². The number of hydrogen-bond acceptors (Lipinski definition) is 3. The summed E-state index contributed by atoms with van der Waals surface area (Å²) in [7, 11) is 0.797. The van der Waals surface area contributed by atoms with Gasteiger partial charge in [-0.15, -0.1) is 0 Å². The van der Waals surface area contributed by atoms with Gasteiger partial charge in [-0.2, -0.15) is 0 Å². The predicted molar refractivity (Wildman–Crippen MR) is 215 cm³/mol. The van der Waals surface area contributed by atoms with Crippen LogP contribution in [0, 0.1) is 6.92 Å². The van der Waals surface area contributed by atoms with Crippen LogP contribution in [0.5, 0.6) is 0 Å². The summed E-state index contributed by atoms with van der Waals surface area (Å²) in [6, 6.07) is 41.7. The minimum absolute atomic E-state index is 0.145. The largest absolute Gasteiger partial charge is 0.436 e. The predicted octanol–water partition coefficient (Wildman–Crippen LogP) is 10.4. The van der Waals surface area contributed by atoms with Crippen LogP contribution >= 0.6 is 0 Å². The Hall–Kier alpha value is -5.55. The molecule has 51 heavy (non-hydrogen) atoms. The van der Waals surface area contributed by atoms with Crippen molar-refractivity contribution in [3.05, 3.63) is 132 Å². The van der Waals surface area contributed by atoms with Crippen molar-refractivity contribution in [1.82, 2.24) is 9.55 Å². The molecule has 0 saturated heterocycles. The van der Waals surface area contributed by atoms with E-state index in [1.807, 2.05) is 18.2 Å². The molecule has 4 nitrogen and oxygen atoms in total. The molecule has 0 atom stereocenters. The van der Waals surface area contributed by atoms with Crippen molar-refractivity contribution in [3.8, 4) is 28.3 Å². The van der Waals surface area contributed by atoms with E-state index in [9.17, 15) is 0 Å². The lowest BCUT2D eigenvalue weighted by Gasteiger charge is -2.42. The molecule has 2 aromatic heterocycles. The SMILES string of the molecule is Cc1cc(-c2ccccc2Nc2ccc3c(c2)C(C)(C)CCC3(C)C)c2c3c1c1ccccc1n3-c1cc3nc(-c4ccccc4)oc3cc1B2. The third-order valence-electron chi connectivity index (χ3n) is 11.8. The van der Waals surface area contributed by atoms with Gasteiger partial charge in [0, 0.05) is 44.5 Å². The number of aryl methyl sites for hydroxylation is 1. The van der Waals surface area contributed by atoms with Crippen molar-refractivity contribution in [3.63, 3.8) is 0 Å². The Morgan fingerprint density at radius 2 is 1.49 bits per heavy atom. The summed E-state index contributed by atoms with van der Waals surface area (Å²) >= 11 is 0. The van der Waals surface area contributed by atoms with Crippen LogP contribution in [0.4, 0.5) is 11.4 Å². The number of benzene rings is 6. The van der Waals surface area contributed by atoms with Crippen molar-refractivity contribution >= 4 is 62.5 Å². The van der Waals surface area contributed by atoms with Crippen LogP contribution in [0.15, 0.2) is 120 Å². The number of fused-ring (bicyclic) bond motifs is 7. The second kappa shape index (κ2) is 10.7. The zero-order valence-corrected chi connectivity index (χ0v) is 29.9. The van der Waals surface area contributed by atoms with E-state index in [1.165, 1.54) is 79.1 Å². The number of rotatable bonds is 4. The maximum Gasteiger partial charge on any atom is 0.227 e. The third kappa shape index (κ3) is 4.57. The summed E-state index contributed by atoms with van der Waals surface area (Å²) in [4.78, 5) is 4.96. The van der Waals surface area contributed by atoms with Crippen LogP contribution in [-0.4, -0.2) is 16.8 Å². The Bertz CT molecular complexity index is 2710. The van der Waals surface area contributed by atoms with Gasteiger partial charge in [-0.25, -0.2) is 4.98 Å². The molecule has 0 bridgehead atoms. The van der Waals surface area contributed by atoms with E-state index in [1.54, 1.807) is 0 Å². The molecule has 2 aliphatic rings. The molecule has 3 heterocycles. The number of hydrogen-bond donors (Lipinski definition) is 1. The average molecular weight is 662 g/mol. The Labute approximate surface area is 299 Å². The van der Waals surface area contributed by atoms with Gasteiger partial charge in [0.15, 0.2) is 12.9 Å². The zero-order chi connectivity index (χ0) is 34.6. The highest BCUT2D eigenvalue weighted by Gasteiger charge is 2.37. The number of anilines is 2. The summed E-state index contributed by atoms with van der Waals surface area (Å²) in [6.45, 7) is 11.8. The molecule has 0 radical (unpaired) electrons. The normalized spacial score (nSPS) is 15.5. The molecule has 10 rings (SSSR count). The molecular weight excluding hydrogens is 621 g/mol. The van der Waals surface area contributed by atoms with E-state index >= 15 is 0 Å². The van der Waals surface area contributed by atoms with E-state index < -0.39 is 0 Å². The number of nitrogens with zero attached hydrogens (tertiary/aromatic N) is 2. The topological polar surface area (TPSA) is 43.0 Å². The molecule has 0 spiro atoms. The average Bonchev–Trinajstić information content (AvgIpc) is 3.72. The molecule has 1 aliphatic carbocycles. The molecular formula is C46H40BN3O. The third-order valence-corrected chi connectivity index (χ3v) is 11.8. The number of oxazole rings is 1. The van der Waals surface area contributed by atoms with E-state index in [0.29, 0.717) is 5.89 Å². The molecule has 248 valence electrons. The van der Waals surface area contributed by atoms with Gasteiger partial charge in [0.2, 0.25) is 5.89 Å². The second-order valence-electron chi connectivity index (χ2n) is 16.0. The first kappa shape index (κ1) is 30.3. The fraction of sp³-hybridized carbons (Fsp3) is 0.196. The van der Waals surface area contributed by atoms with Crippen molar-refractivity contribution < 1.29 is 4.42 Å². The summed E-state index contributed by atoms with van der Waals surface area (Å²) < 4.78 is 8.89. The molecule has 6 aromatic carbocycles. The molecule has 0 unspecified atom stereocenters. The summed E-state index contributed by atoms with van der Waals surface area (Å²) in [5, 5.41) is 6.50. The summed E-state index contributed by atoms with van der Waals surface area (Å²) in [5.74, 6) is 0.652. The highest BCUT2D eigenvalue weighted by molar-refractivity contribution is 6.73. The first-order valence-electron chi connectivity index (χ1n) is 18.2. The van der Waals surface area contributed by atoms with Crippen LogP contribution in [-0.2, 0) is 10.8 Å². The van der Waals surface area contributed by atoms with Gasteiger partial charge in [-0.1, -0.05) is 99.9 Å². The fourth-order valence-electron chi connectivity index (χ4n) is 9.00. The van der Waals surface area contributed by atoms with Crippen LogP contribution in [0.3, 0.4) is 0 Å². The maximum atomic E-state index is 6.41. The van der Waals surface area contributed by atoms with Crippen LogP contribution in [0.2, 0.25) is 0 Å². The van der Waals surface area contributed by atoms with Gasteiger partial charge in [0.05, 0.1) is 5.52 Å². The Morgan fingerprint density at radius 1 is 0.745 bits per heavy atom.